The number of hydrogen-bond donors (Lipinski definition) is 1. The van der Waals surface area contributed by atoms with Crippen LogP contribution >= 0.6 is 11.8 Å². The van der Waals surface area contributed by atoms with Gasteiger partial charge in [0, 0.05) is 12.2 Å². The second-order valence-corrected chi connectivity index (χ2v) is 7.10. The number of thioether (sulfide) groups is 1. The number of benzene rings is 2. The number of aromatic nitrogens is 3. The number of methoxy groups -OCH3 is 2. The van der Waals surface area contributed by atoms with Gasteiger partial charge < -0.3 is 19.4 Å². The molecule has 1 aromatic heterocycles. The van der Waals surface area contributed by atoms with Gasteiger partial charge in [-0.3, -0.25) is 4.79 Å². The number of ether oxygens (including phenoxy) is 2. The Kier molecular flexibility index (Phi) is 7.08. The molecule has 0 bridgehead atoms. The van der Waals surface area contributed by atoms with Crippen LogP contribution < -0.4 is 10.1 Å². The van der Waals surface area contributed by atoms with E-state index < -0.39 is 5.97 Å². The second kappa shape index (κ2) is 9.93. The van der Waals surface area contributed by atoms with Crippen LogP contribution in [0.2, 0.25) is 0 Å². The van der Waals surface area contributed by atoms with Crippen LogP contribution in [0.3, 0.4) is 0 Å². The van der Waals surface area contributed by atoms with E-state index in [4.69, 9.17) is 4.74 Å². The molecule has 0 atom stereocenters. The fourth-order valence-electron chi connectivity index (χ4n) is 2.84. The van der Waals surface area contributed by atoms with Gasteiger partial charge in [-0.2, -0.15) is 0 Å². The molecule has 30 heavy (non-hydrogen) atoms. The lowest BCUT2D eigenvalue weighted by Crippen LogP contribution is -2.15. The Morgan fingerprint density at radius 2 is 1.80 bits per heavy atom. The van der Waals surface area contributed by atoms with Crippen molar-refractivity contribution >= 4 is 29.3 Å². The lowest BCUT2D eigenvalue weighted by Gasteiger charge is -2.10. The molecule has 8 nitrogen and oxygen atoms in total. The first kappa shape index (κ1) is 21.4. The summed E-state index contributed by atoms with van der Waals surface area (Å²) < 4.78 is 12.0. The first-order chi connectivity index (χ1) is 14.6. The third-order valence-electron chi connectivity index (χ3n) is 4.30. The Morgan fingerprint density at radius 1 is 1.07 bits per heavy atom. The largest absolute Gasteiger partial charge is 0.496 e. The second-order valence-electron chi connectivity index (χ2n) is 6.16. The van der Waals surface area contributed by atoms with Gasteiger partial charge in [0.2, 0.25) is 5.91 Å². The Labute approximate surface area is 178 Å². The Balaban J connectivity index is 1.66. The summed E-state index contributed by atoms with van der Waals surface area (Å²) in [6, 6.07) is 14.1. The highest BCUT2D eigenvalue weighted by atomic mass is 32.2. The molecule has 0 unspecified atom stereocenters. The fraction of sp³-hybridized carbons (Fsp3) is 0.238. The fourth-order valence-corrected chi connectivity index (χ4v) is 3.65. The zero-order valence-corrected chi connectivity index (χ0v) is 17.7. The predicted octanol–water partition coefficient (Wildman–Crippen LogP) is 3.49. The standard InChI is InChI=1S/C21H22N4O4S/c1-4-25-19(16-7-5-6-8-17(16)28-2)23-24-21(25)30-13-18(26)22-15-11-9-14(10-12-15)20(27)29-3/h5-12H,4,13H2,1-3H3,(H,22,26). The van der Waals surface area contributed by atoms with Crippen LogP contribution in [0.1, 0.15) is 17.3 Å². The summed E-state index contributed by atoms with van der Waals surface area (Å²) in [5, 5.41) is 12.0. The molecule has 156 valence electrons. The normalized spacial score (nSPS) is 10.5. The molecule has 1 amide bonds. The van der Waals surface area contributed by atoms with Crippen molar-refractivity contribution in [2.24, 2.45) is 0 Å². The van der Waals surface area contributed by atoms with E-state index in [1.807, 2.05) is 35.8 Å². The van der Waals surface area contributed by atoms with Crippen molar-refractivity contribution in [3.63, 3.8) is 0 Å². The highest BCUT2D eigenvalue weighted by Gasteiger charge is 2.17. The molecule has 1 N–H and O–H groups in total. The van der Waals surface area contributed by atoms with Gasteiger partial charge >= 0.3 is 5.97 Å². The average molecular weight is 426 g/mol. The van der Waals surface area contributed by atoms with Crippen LogP contribution in [-0.2, 0) is 16.1 Å². The number of nitrogens with one attached hydrogen (secondary N) is 1. The number of para-hydroxylation sites is 1. The quantitative estimate of drug-likeness (QED) is 0.435. The van der Waals surface area contributed by atoms with Crippen molar-refractivity contribution in [1.82, 2.24) is 14.8 Å². The summed E-state index contributed by atoms with van der Waals surface area (Å²) in [5.74, 6) is 0.965. The maximum Gasteiger partial charge on any atom is 0.337 e. The molecular formula is C21H22N4O4S. The molecule has 0 spiro atoms. The lowest BCUT2D eigenvalue weighted by molar-refractivity contribution is -0.113. The highest BCUT2D eigenvalue weighted by Crippen LogP contribution is 2.30. The molecule has 9 heteroatoms. The van der Waals surface area contributed by atoms with Gasteiger partial charge in [-0.25, -0.2) is 4.79 Å². The molecule has 3 aromatic rings. The van der Waals surface area contributed by atoms with Crippen molar-refractivity contribution < 1.29 is 19.1 Å². The lowest BCUT2D eigenvalue weighted by atomic mass is 10.2. The first-order valence-electron chi connectivity index (χ1n) is 9.25. The molecule has 0 aliphatic rings. The minimum Gasteiger partial charge on any atom is -0.496 e. The minimum absolute atomic E-state index is 0.169. The van der Waals surface area contributed by atoms with E-state index in [0.29, 0.717) is 34.5 Å². The summed E-state index contributed by atoms with van der Waals surface area (Å²) in [4.78, 5) is 23.8. The van der Waals surface area contributed by atoms with Crippen LogP contribution in [0.25, 0.3) is 11.4 Å². The van der Waals surface area contributed by atoms with Gasteiger partial charge in [0.1, 0.15) is 5.75 Å². The maximum atomic E-state index is 12.3. The molecule has 0 aliphatic heterocycles. The van der Waals surface area contributed by atoms with E-state index in [-0.39, 0.29) is 11.7 Å². The monoisotopic (exact) mass is 426 g/mol. The number of anilines is 1. The van der Waals surface area contributed by atoms with Gasteiger partial charge in [0.05, 0.1) is 31.1 Å². The minimum atomic E-state index is -0.423. The number of nitrogens with zero attached hydrogens (tertiary/aromatic N) is 3. The van der Waals surface area contributed by atoms with Crippen molar-refractivity contribution in [1.29, 1.82) is 0 Å². The summed E-state index contributed by atoms with van der Waals surface area (Å²) >= 11 is 1.30. The van der Waals surface area contributed by atoms with Crippen molar-refractivity contribution in [2.75, 3.05) is 25.3 Å². The first-order valence-corrected chi connectivity index (χ1v) is 10.2. The third-order valence-corrected chi connectivity index (χ3v) is 5.27. The Morgan fingerprint density at radius 3 is 2.47 bits per heavy atom. The summed E-state index contributed by atoms with van der Waals surface area (Å²) in [6.07, 6.45) is 0. The van der Waals surface area contributed by atoms with Crippen molar-refractivity contribution in [3.05, 3.63) is 54.1 Å². The number of rotatable bonds is 8. The zero-order valence-electron chi connectivity index (χ0n) is 16.9. The number of carbonyl (C=O) groups excluding carboxylic acids is 2. The molecule has 0 radical (unpaired) electrons. The highest BCUT2D eigenvalue weighted by molar-refractivity contribution is 7.99. The molecular weight excluding hydrogens is 404 g/mol. The maximum absolute atomic E-state index is 12.3. The summed E-state index contributed by atoms with van der Waals surface area (Å²) in [5.41, 5.74) is 1.86. The topological polar surface area (TPSA) is 95.3 Å². The number of carbonyl (C=O) groups is 2. The third kappa shape index (κ3) is 4.80. The van der Waals surface area contributed by atoms with E-state index in [9.17, 15) is 9.59 Å². The molecule has 0 saturated heterocycles. The van der Waals surface area contributed by atoms with Crippen molar-refractivity contribution in [3.8, 4) is 17.1 Å². The van der Waals surface area contributed by atoms with E-state index in [1.165, 1.54) is 18.9 Å². The van der Waals surface area contributed by atoms with E-state index >= 15 is 0 Å². The van der Waals surface area contributed by atoms with Gasteiger partial charge in [-0.1, -0.05) is 23.9 Å². The molecule has 0 saturated carbocycles. The molecule has 3 rings (SSSR count). The van der Waals surface area contributed by atoms with Gasteiger partial charge in [-0.05, 0) is 43.3 Å². The van der Waals surface area contributed by atoms with E-state index in [2.05, 4.69) is 20.3 Å². The molecule has 1 heterocycles. The molecule has 2 aromatic carbocycles. The van der Waals surface area contributed by atoms with E-state index in [1.54, 1.807) is 31.4 Å². The molecule has 0 fully saturated rings. The molecule has 0 aliphatic carbocycles. The number of hydrogen-bond acceptors (Lipinski definition) is 7. The van der Waals surface area contributed by atoms with Gasteiger partial charge in [0.15, 0.2) is 11.0 Å². The van der Waals surface area contributed by atoms with E-state index in [0.717, 1.165) is 5.56 Å². The van der Waals surface area contributed by atoms with Gasteiger partial charge in [0.25, 0.3) is 0 Å². The number of amides is 1. The number of esters is 1. The van der Waals surface area contributed by atoms with Crippen LogP contribution in [0.15, 0.2) is 53.7 Å². The SMILES string of the molecule is CCn1c(SCC(=O)Nc2ccc(C(=O)OC)cc2)nnc1-c1ccccc1OC. The predicted molar refractivity (Wildman–Crippen MR) is 115 cm³/mol. The van der Waals surface area contributed by atoms with Crippen LogP contribution in [0, 0.1) is 0 Å². The zero-order chi connectivity index (χ0) is 21.5. The Hall–Kier alpha value is -3.33. The Bertz CT molecular complexity index is 1030. The van der Waals surface area contributed by atoms with Crippen molar-refractivity contribution in [2.45, 2.75) is 18.6 Å². The smallest absolute Gasteiger partial charge is 0.337 e. The summed E-state index contributed by atoms with van der Waals surface area (Å²) in [7, 11) is 2.94. The van der Waals surface area contributed by atoms with Gasteiger partial charge in [-0.15, -0.1) is 10.2 Å². The van der Waals surface area contributed by atoms with Crippen LogP contribution in [0.4, 0.5) is 5.69 Å². The summed E-state index contributed by atoms with van der Waals surface area (Å²) in [6.45, 7) is 2.65. The average Bonchev–Trinajstić information content (AvgIpc) is 3.20. The van der Waals surface area contributed by atoms with Crippen LogP contribution in [0.5, 0.6) is 5.75 Å². The van der Waals surface area contributed by atoms with Crippen LogP contribution in [-0.4, -0.2) is 46.6 Å².